The summed E-state index contributed by atoms with van der Waals surface area (Å²) in [7, 11) is 0. The summed E-state index contributed by atoms with van der Waals surface area (Å²) in [5.41, 5.74) is 1.04. The molecule has 7 nitrogen and oxygen atoms in total. The molecule has 3 rings (SSSR count). The van der Waals surface area contributed by atoms with E-state index < -0.39 is 24.4 Å². The van der Waals surface area contributed by atoms with Gasteiger partial charge >= 0.3 is 6.09 Å². The van der Waals surface area contributed by atoms with Crippen LogP contribution in [0.2, 0.25) is 0 Å². The number of aromatic nitrogens is 1. The largest absolute Gasteiger partial charge is 0.487 e. The van der Waals surface area contributed by atoms with Gasteiger partial charge in [-0.1, -0.05) is 6.08 Å². The van der Waals surface area contributed by atoms with E-state index in [4.69, 9.17) is 14.7 Å². The van der Waals surface area contributed by atoms with Gasteiger partial charge in [0.2, 0.25) is 5.78 Å². The molecule has 0 aliphatic carbocycles. The fourth-order valence-electron chi connectivity index (χ4n) is 3.99. The molecule has 1 saturated heterocycles. The molecule has 1 aromatic heterocycles. The topological polar surface area (TPSA) is 95.4 Å². The Kier molecular flexibility index (Phi) is 7.60. The molecule has 1 N–H and O–H groups in total. The van der Waals surface area contributed by atoms with Crippen molar-refractivity contribution in [3.63, 3.8) is 0 Å². The van der Waals surface area contributed by atoms with Crippen molar-refractivity contribution in [3.05, 3.63) is 41.1 Å². The lowest BCUT2D eigenvalue weighted by Crippen LogP contribution is -2.41. The van der Waals surface area contributed by atoms with Crippen molar-refractivity contribution in [2.75, 3.05) is 19.7 Å². The third kappa shape index (κ3) is 5.93. The van der Waals surface area contributed by atoms with E-state index >= 15 is 0 Å². The van der Waals surface area contributed by atoms with Crippen LogP contribution in [0.1, 0.15) is 62.5 Å². The lowest BCUT2D eigenvalue weighted by molar-refractivity contribution is 0.0203. The van der Waals surface area contributed by atoms with E-state index in [1.165, 1.54) is 6.08 Å². The Balaban J connectivity index is 1.88. The van der Waals surface area contributed by atoms with Crippen molar-refractivity contribution in [2.24, 2.45) is 0 Å². The predicted octanol–water partition coefficient (Wildman–Crippen LogP) is 5.58. The molecule has 1 aliphatic rings. The van der Waals surface area contributed by atoms with Gasteiger partial charge in [-0.2, -0.15) is 5.26 Å². The highest BCUT2D eigenvalue weighted by Crippen LogP contribution is 2.38. The van der Waals surface area contributed by atoms with Crippen LogP contribution in [0.4, 0.5) is 13.6 Å². The van der Waals surface area contributed by atoms with Gasteiger partial charge in [0.15, 0.2) is 0 Å². The number of benzene rings is 1. The maximum atomic E-state index is 12.9. The van der Waals surface area contributed by atoms with Crippen molar-refractivity contribution in [1.29, 1.82) is 5.26 Å². The molecule has 0 unspecified atom stereocenters. The van der Waals surface area contributed by atoms with E-state index in [-0.39, 0.29) is 23.3 Å². The summed E-state index contributed by atoms with van der Waals surface area (Å²) < 4.78 is 36.7. The number of halogens is 2. The maximum Gasteiger partial charge on any atom is 0.410 e. The lowest BCUT2D eigenvalue weighted by Gasteiger charge is -2.34. The molecule has 2 heterocycles. The van der Waals surface area contributed by atoms with Crippen molar-refractivity contribution >= 4 is 22.8 Å². The highest BCUT2D eigenvalue weighted by Gasteiger charge is 2.29. The summed E-state index contributed by atoms with van der Waals surface area (Å²) in [6, 6.07) is 6.90. The van der Waals surface area contributed by atoms with Gasteiger partial charge in [0, 0.05) is 24.0 Å². The molecule has 182 valence electrons. The van der Waals surface area contributed by atoms with E-state index in [0.717, 1.165) is 5.56 Å². The highest BCUT2D eigenvalue weighted by atomic mass is 19.3. The molecule has 0 atom stereocenters. The fourth-order valence-corrected chi connectivity index (χ4v) is 3.99. The number of carbonyl (C=O) groups excluding carboxylic acids is 2. The molecule has 1 aromatic carbocycles. The van der Waals surface area contributed by atoms with Crippen LogP contribution in [0.15, 0.2) is 29.8 Å². The molecule has 9 heteroatoms. The highest BCUT2D eigenvalue weighted by molar-refractivity contribution is 6.12. The molecule has 34 heavy (non-hydrogen) atoms. The number of rotatable bonds is 6. The number of hydrogen-bond acceptors (Lipinski definition) is 5. The Labute approximate surface area is 197 Å². The number of hydrogen-bond donors (Lipinski definition) is 1. The summed E-state index contributed by atoms with van der Waals surface area (Å²) in [5.74, 6) is -0.139. The van der Waals surface area contributed by atoms with E-state index in [9.17, 15) is 18.4 Å². The van der Waals surface area contributed by atoms with Crippen LogP contribution in [0.5, 0.6) is 5.75 Å². The molecule has 0 saturated carbocycles. The average Bonchev–Trinajstić information content (AvgIpc) is 3.19. The van der Waals surface area contributed by atoms with Crippen molar-refractivity contribution < 1.29 is 27.8 Å². The van der Waals surface area contributed by atoms with Gasteiger partial charge in [0.05, 0.1) is 11.3 Å². The van der Waals surface area contributed by atoms with Crippen molar-refractivity contribution in [1.82, 2.24) is 9.88 Å². The molecule has 1 aliphatic heterocycles. The number of H-pyrrole nitrogens is 1. The zero-order valence-corrected chi connectivity index (χ0v) is 19.8. The zero-order valence-electron chi connectivity index (χ0n) is 19.8. The smallest absolute Gasteiger partial charge is 0.410 e. The first kappa shape index (κ1) is 25.2. The summed E-state index contributed by atoms with van der Waals surface area (Å²) in [5, 5.41) is 9.78. The fraction of sp³-hybridized carbons (Fsp3) is 0.480. The standard InChI is InChI=1S/C25H29F2N3O4/c1-5-15(13-28)23(31)20-10-17-11-21(33-14-22(26)27)18(12-19(17)29-20)16-6-8-30(9-7-16)24(32)34-25(2,3)4/h5,10-12,16,22,29H,6-9,14H2,1-4H3/b15-5+. The Morgan fingerprint density at radius 2 is 1.94 bits per heavy atom. The number of likely N-dealkylation sites (tertiary alicyclic amines) is 1. The number of allylic oxidation sites excluding steroid dienone is 2. The van der Waals surface area contributed by atoms with Crippen LogP contribution >= 0.6 is 0 Å². The number of nitriles is 1. The zero-order chi connectivity index (χ0) is 25.0. The number of ketones is 1. The molecule has 2 aromatic rings. The van der Waals surface area contributed by atoms with Crippen molar-refractivity contribution in [2.45, 2.75) is 58.5 Å². The third-order valence-corrected chi connectivity index (χ3v) is 5.60. The van der Waals surface area contributed by atoms with Gasteiger partial charge in [-0.05, 0) is 70.2 Å². The number of nitrogens with zero attached hydrogens (tertiary/aromatic N) is 2. The number of piperidine rings is 1. The van der Waals surface area contributed by atoms with Gasteiger partial charge in [-0.25, -0.2) is 13.6 Å². The van der Waals surface area contributed by atoms with Crippen LogP contribution in [-0.4, -0.2) is 53.5 Å². The SMILES string of the molecule is C/C=C(\C#N)C(=O)c1cc2cc(OCC(F)F)c(C3CCN(C(=O)OC(C)(C)C)CC3)cc2[nH]1. The van der Waals surface area contributed by atoms with E-state index in [0.29, 0.717) is 42.6 Å². The number of Topliss-reactive ketones (excluding diaryl/α,β-unsaturated/α-hetero) is 1. The number of amides is 1. The second-order valence-corrected chi connectivity index (χ2v) is 9.25. The van der Waals surface area contributed by atoms with Gasteiger partial charge < -0.3 is 19.4 Å². The van der Waals surface area contributed by atoms with Gasteiger partial charge in [0.1, 0.15) is 24.0 Å². The van der Waals surface area contributed by atoms with Crippen molar-refractivity contribution in [3.8, 4) is 11.8 Å². The first-order valence-electron chi connectivity index (χ1n) is 11.2. The van der Waals surface area contributed by atoms with Crippen LogP contribution in [0, 0.1) is 11.3 Å². The molecule has 0 spiro atoms. The molecule has 0 radical (unpaired) electrons. The normalized spacial score (nSPS) is 15.5. The van der Waals surface area contributed by atoms with Gasteiger partial charge in [0.25, 0.3) is 6.43 Å². The number of fused-ring (bicyclic) bond motifs is 1. The Hall–Kier alpha value is -3.41. The Bertz CT molecular complexity index is 1130. The van der Waals surface area contributed by atoms with Crippen LogP contribution in [0.3, 0.4) is 0 Å². The summed E-state index contributed by atoms with van der Waals surface area (Å²) in [4.78, 5) is 29.6. The first-order valence-corrected chi connectivity index (χ1v) is 11.2. The Morgan fingerprint density at radius 1 is 1.26 bits per heavy atom. The number of carbonyl (C=O) groups is 2. The minimum absolute atomic E-state index is 0.00969. The third-order valence-electron chi connectivity index (χ3n) is 5.60. The summed E-state index contributed by atoms with van der Waals surface area (Å²) in [6.45, 7) is 7.22. The molecule has 1 fully saturated rings. The molecule has 0 bridgehead atoms. The maximum absolute atomic E-state index is 12.9. The first-order chi connectivity index (χ1) is 16.0. The van der Waals surface area contributed by atoms with Crippen LogP contribution in [-0.2, 0) is 4.74 Å². The number of alkyl halides is 2. The van der Waals surface area contributed by atoms with E-state index in [1.54, 1.807) is 24.0 Å². The minimum Gasteiger partial charge on any atom is -0.487 e. The predicted molar refractivity (Wildman–Crippen MR) is 123 cm³/mol. The lowest BCUT2D eigenvalue weighted by atomic mass is 9.88. The second kappa shape index (κ2) is 10.2. The monoisotopic (exact) mass is 473 g/mol. The number of ether oxygens (including phenoxy) is 2. The summed E-state index contributed by atoms with van der Waals surface area (Å²) in [6.07, 6.45) is -0.345. The molecule has 1 amide bonds. The van der Waals surface area contributed by atoms with Gasteiger partial charge in [-0.15, -0.1) is 0 Å². The Morgan fingerprint density at radius 3 is 2.50 bits per heavy atom. The number of aromatic amines is 1. The molecular formula is C25H29F2N3O4. The molecular weight excluding hydrogens is 444 g/mol. The van der Waals surface area contributed by atoms with Crippen LogP contribution < -0.4 is 4.74 Å². The summed E-state index contributed by atoms with van der Waals surface area (Å²) >= 11 is 0. The average molecular weight is 474 g/mol. The number of nitrogens with one attached hydrogen (secondary N) is 1. The van der Waals surface area contributed by atoms with Gasteiger partial charge in [-0.3, -0.25) is 4.79 Å². The van der Waals surface area contributed by atoms with E-state index in [1.807, 2.05) is 32.9 Å². The second-order valence-electron chi connectivity index (χ2n) is 9.25. The van der Waals surface area contributed by atoms with Crippen LogP contribution in [0.25, 0.3) is 10.9 Å². The minimum atomic E-state index is -2.63. The van der Waals surface area contributed by atoms with E-state index in [2.05, 4.69) is 4.98 Å². The quantitative estimate of drug-likeness (QED) is 0.336.